The topological polar surface area (TPSA) is 64.6 Å². The van der Waals surface area contributed by atoms with Crippen LogP contribution in [0.25, 0.3) is 0 Å². The van der Waals surface area contributed by atoms with Crippen molar-refractivity contribution in [1.82, 2.24) is 15.2 Å². The molecule has 0 bridgehead atoms. The van der Waals surface area contributed by atoms with E-state index in [-0.39, 0.29) is 99.8 Å². The number of hydrogen-bond donors (Lipinski definition) is 1. The molecule has 0 unspecified atom stereocenters. The van der Waals surface area contributed by atoms with Crippen LogP contribution >= 0.6 is 0 Å². The van der Waals surface area contributed by atoms with Gasteiger partial charge in [0.05, 0.1) is 6.01 Å². The first kappa shape index (κ1) is 15.9. The number of aromatic amines is 1. The maximum absolute atomic E-state index is 10.7. The second-order valence-corrected chi connectivity index (χ2v) is 3.14. The van der Waals surface area contributed by atoms with E-state index in [0.29, 0.717) is 11.7 Å². The van der Waals surface area contributed by atoms with Gasteiger partial charge in [0.15, 0.2) is 5.82 Å². The maximum Gasteiger partial charge on any atom is 1.00 e. The molecule has 1 radical (unpaired) electrons. The number of H-pyrrole nitrogens is 1. The molecule has 2 rings (SSSR count). The molecular weight excluding hydrogens is 378 g/mol. The van der Waals surface area contributed by atoms with Gasteiger partial charge in [-0.1, -0.05) is 12.8 Å². The minimum atomic E-state index is -0.320. The van der Waals surface area contributed by atoms with E-state index in [4.69, 9.17) is 0 Å². The molecule has 1 fully saturated rings. The molecule has 69 valence electrons. The van der Waals surface area contributed by atoms with E-state index in [1.54, 1.807) is 0 Å². The van der Waals surface area contributed by atoms with Crippen molar-refractivity contribution in [3.63, 3.8) is 0 Å². The van der Waals surface area contributed by atoms with E-state index in [2.05, 4.69) is 21.6 Å². The Kier molecular flexibility index (Phi) is 9.21. The summed E-state index contributed by atoms with van der Waals surface area (Å²) in [5.41, 5.74) is 0. The van der Waals surface area contributed by atoms with Gasteiger partial charge in [0.2, 0.25) is 0 Å². The normalized spacial score (nSPS) is 16.9. The van der Waals surface area contributed by atoms with Crippen molar-refractivity contribution >= 4 is 0 Å². The fraction of sp³-hybridized carbons (Fsp3) is 0.625. The van der Waals surface area contributed by atoms with Crippen molar-refractivity contribution in [2.45, 2.75) is 31.6 Å². The Balaban J connectivity index is 0.000000845. The second-order valence-electron chi connectivity index (χ2n) is 3.14. The third-order valence-electron chi connectivity index (χ3n) is 2.29. The minimum Gasteiger partial charge on any atom is -0.845 e. The van der Waals surface area contributed by atoms with Crippen LogP contribution in [0.1, 0.15) is 37.4 Å². The zero-order valence-corrected chi connectivity index (χ0v) is 16.9. The molecule has 1 saturated carbocycles. The van der Waals surface area contributed by atoms with Crippen molar-refractivity contribution in [3.8, 4) is 6.01 Å². The standard InChI is InChI=1S/C8H12N3O.La.Rb/c12-8-9-7(10-11-8)6-4-2-1-3-5-6;;/h1,6H,2-5H2,(H2,9,10,11,12);;/q-1;;+1/p-1. The zero-order valence-electron chi connectivity index (χ0n) is 8.36. The van der Waals surface area contributed by atoms with Gasteiger partial charge in [-0.25, -0.2) is 4.98 Å². The van der Waals surface area contributed by atoms with Crippen LogP contribution in [0, 0.1) is 42.0 Å². The van der Waals surface area contributed by atoms with Gasteiger partial charge >= 0.3 is 58.2 Å². The Morgan fingerprint density at radius 3 is 2.50 bits per heavy atom. The predicted octanol–water partition coefficient (Wildman–Crippen LogP) is -2.26. The Labute approximate surface area is 160 Å². The van der Waals surface area contributed by atoms with Crippen molar-refractivity contribution in [2.24, 2.45) is 0 Å². The maximum atomic E-state index is 10.7. The second kappa shape index (κ2) is 8.09. The monoisotopic (exact) mass is 389 g/mol. The minimum absolute atomic E-state index is 0. The molecular formula is C8H11LaN3ORb-. The van der Waals surface area contributed by atoms with Crippen molar-refractivity contribution in [1.29, 1.82) is 0 Å². The van der Waals surface area contributed by atoms with Crippen LogP contribution in [-0.2, 0) is 0 Å². The molecule has 1 aromatic heterocycles. The van der Waals surface area contributed by atoms with E-state index >= 15 is 0 Å². The zero-order chi connectivity index (χ0) is 8.39. The molecule has 1 heterocycles. The van der Waals surface area contributed by atoms with Crippen molar-refractivity contribution in [3.05, 3.63) is 12.2 Å². The summed E-state index contributed by atoms with van der Waals surface area (Å²) in [6, 6.07) is -0.320. The molecule has 14 heavy (non-hydrogen) atoms. The van der Waals surface area contributed by atoms with Crippen LogP contribution in [0.3, 0.4) is 0 Å². The SMILES string of the molecule is [La].[O-]c1nc(C2CC[CH-]CC2)n[nH]1.[Rb+]. The molecule has 0 aromatic carbocycles. The van der Waals surface area contributed by atoms with Crippen LogP contribution in [0.5, 0.6) is 6.01 Å². The summed E-state index contributed by atoms with van der Waals surface area (Å²) in [4.78, 5) is 3.80. The molecule has 1 N–H and O–H groups in total. The Bertz CT molecular complexity index is 263. The van der Waals surface area contributed by atoms with Crippen LogP contribution in [0.15, 0.2) is 0 Å². The van der Waals surface area contributed by atoms with Crippen molar-refractivity contribution in [2.75, 3.05) is 0 Å². The van der Waals surface area contributed by atoms with E-state index in [0.717, 1.165) is 25.7 Å². The fourth-order valence-electron chi connectivity index (χ4n) is 1.63. The first-order chi connectivity index (χ1) is 5.86. The number of nitrogens with zero attached hydrogens (tertiary/aromatic N) is 2. The Hall–Kier alpha value is 1.94. The molecule has 6 heteroatoms. The Morgan fingerprint density at radius 1 is 1.36 bits per heavy atom. The van der Waals surface area contributed by atoms with E-state index in [1.165, 1.54) is 0 Å². The number of hydrogen-bond acceptors (Lipinski definition) is 3. The average Bonchev–Trinajstić information content (AvgIpc) is 2.54. The smallest absolute Gasteiger partial charge is 0.845 e. The first-order valence-electron chi connectivity index (χ1n) is 4.27. The molecule has 4 nitrogen and oxygen atoms in total. The van der Waals surface area contributed by atoms with Crippen LogP contribution in [-0.4, -0.2) is 15.2 Å². The summed E-state index contributed by atoms with van der Waals surface area (Å²) in [5.74, 6) is 1.10. The number of rotatable bonds is 1. The molecule has 0 spiro atoms. The summed E-state index contributed by atoms with van der Waals surface area (Å²) in [6.07, 6.45) is 6.68. The predicted molar refractivity (Wildman–Crippen MR) is 41.3 cm³/mol. The summed E-state index contributed by atoms with van der Waals surface area (Å²) < 4.78 is 0. The molecule has 0 saturated heterocycles. The summed E-state index contributed by atoms with van der Waals surface area (Å²) in [5, 5.41) is 16.9. The van der Waals surface area contributed by atoms with Gasteiger partial charge in [-0.2, -0.15) is 17.9 Å². The number of nitrogens with one attached hydrogen (secondary N) is 1. The Morgan fingerprint density at radius 2 is 2.00 bits per heavy atom. The van der Waals surface area contributed by atoms with Gasteiger partial charge in [0.25, 0.3) is 0 Å². The van der Waals surface area contributed by atoms with E-state index in [9.17, 15) is 5.11 Å². The van der Waals surface area contributed by atoms with Crippen LogP contribution in [0.4, 0.5) is 0 Å². The third kappa shape index (κ3) is 4.44. The van der Waals surface area contributed by atoms with Crippen molar-refractivity contribution < 1.29 is 98.9 Å². The number of aromatic nitrogens is 3. The quantitative estimate of drug-likeness (QED) is 0.552. The summed E-state index contributed by atoms with van der Waals surface area (Å²) in [6.45, 7) is 0. The summed E-state index contributed by atoms with van der Waals surface area (Å²) in [7, 11) is 0. The van der Waals surface area contributed by atoms with Gasteiger partial charge in [0, 0.05) is 41.5 Å². The largest absolute Gasteiger partial charge is 1.00 e. The molecule has 1 aromatic rings. The summed E-state index contributed by atoms with van der Waals surface area (Å²) >= 11 is 0. The third-order valence-corrected chi connectivity index (χ3v) is 2.29. The molecule has 0 amide bonds. The first-order valence-corrected chi connectivity index (χ1v) is 4.27. The van der Waals surface area contributed by atoms with Gasteiger partial charge < -0.3 is 11.5 Å². The fourth-order valence-corrected chi connectivity index (χ4v) is 1.63. The average molecular weight is 390 g/mol. The van der Waals surface area contributed by atoms with Gasteiger partial charge in [0.1, 0.15) is 0 Å². The molecule has 1 aliphatic rings. The molecule has 0 atom stereocenters. The molecule has 0 aliphatic heterocycles. The van der Waals surface area contributed by atoms with Crippen LogP contribution < -0.4 is 63.3 Å². The van der Waals surface area contributed by atoms with E-state index < -0.39 is 0 Å². The van der Waals surface area contributed by atoms with E-state index in [1.807, 2.05) is 0 Å². The molecule has 1 aliphatic carbocycles. The van der Waals surface area contributed by atoms with Gasteiger partial charge in [-0.15, -0.1) is 0 Å². The van der Waals surface area contributed by atoms with Crippen LogP contribution in [0.2, 0.25) is 0 Å². The van der Waals surface area contributed by atoms with Gasteiger partial charge in [-0.05, 0) is 0 Å². The van der Waals surface area contributed by atoms with Gasteiger partial charge in [-0.3, -0.25) is 5.10 Å².